The summed E-state index contributed by atoms with van der Waals surface area (Å²) < 4.78 is 5.07. The van der Waals surface area contributed by atoms with E-state index in [1.165, 1.54) is 25.7 Å². The molecule has 1 aromatic rings. The normalized spacial score (nSPS) is 10.4. The first kappa shape index (κ1) is 9.26. The summed E-state index contributed by atoms with van der Waals surface area (Å²) in [6, 6.07) is 0. The van der Waals surface area contributed by atoms with Crippen molar-refractivity contribution in [3.63, 3.8) is 0 Å². The molecule has 12 heavy (non-hydrogen) atoms. The lowest BCUT2D eigenvalue weighted by atomic mass is 10.2. The third-order valence-electron chi connectivity index (χ3n) is 1.74. The van der Waals surface area contributed by atoms with Crippen molar-refractivity contribution < 1.29 is 4.42 Å². The van der Waals surface area contributed by atoms with Crippen molar-refractivity contribution in [2.24, 2.45) is 0 Å². The number of unbranched alkanes of at least 4 members (excludes halogenated alkanes) is 2. The highest BCUT2D eigenvalue weighted by Gasteiger charge is 1.93. The standard InChI is InChI=1S/C9H16N2O/c1-2-3-4-5-10-6-9-7-11-8-12-9/h7-8,10H,2-6H2,1H3. The van der Waals surface area contributed by atoms with Crippen LogP contribution in [-0.4, -0.2) is 11.5 Å². The number of hydrogen-bond acceptors (Lipinski definition) is 3. The van der Waals surface area contributed by atoms with Gasteiger partial charge in [0.2, 0.25) is 0 Å². The van der Waals surface area contributed by atoms with Gasteiger partial charge in [-0.2, -0.15) is 0 Å². The van der Waals surface area contributed by atoms with E-state index in [2.05, 4.69) is 17.2 Å². The summed E-state index contributed by atoms with van der Waals surface area (Å²) in [7, 11) is 0. The third kappa shape index (κ3) is 3.53. The van der Waals surface area contributed by atoms with Crippen molar-refractivity contribution >= 4 is 0 Å². The molecule has 1 aromatic heterocycles. The van der Waals surface area contributed by atoms with Gasteiger partial charge >= 0.3 is 0 Å². The predicted octanol–water partition coefficient (Wildman–Crippen LogP) is 1.95. The quantitative estimate of drug-likeness (QED) is 0.660. The van der Waals surface area contributed by atoms with Gasteiger partial charge in [-0.1, -0.05) is 19.8 Å². The Morgan fingerprint density at radius 3 is 3.08 bits per heavy atom. The predicted molar refractivity (Wildman–Crippen MR) is 47.7 cm³/mol. The lowest BCUT2D eigenvalue weighted by Gasteiger charge is -2.00. The Balaban J connectivity index is 1.96. The fraction of sp³-hybridized carbons (Fsp3) is 0.667. The second-order valence-electron chi connectivity index (χ2n) is 2.85. The summed E-state index contributed by atoms with van der Waals surface area (Å²) in [5, 5.41) is 3.29. The van der Waals surface area contributed by atoms with Crippen LogP contribution in [0.5, 0.6) is 0 Å². The number of rotatable bonds is 6. The van der Waals surface area contributed by atoms with Crippen LogP contribution < -0.4 is 5.32 Å². The van der Waals surface area contributed by atoms with E-state index in [0.29, 0.717) is 0 Å². The minimum absolute atomic E-state index is 0.795. The maximum atomic E-state index is 5.07. The highest BCUT2D eigenvalue weighted by Crippen LogP contribution is 1.96. The smallest absolute Gasteiger partial charge is 0.180 e. The van der Waals surface area contributed by atoms with E-state index in [4.69, 9.17) is 4.42 Å². The maximum absolute atomic E-state index is 5.07. The number of nitrogens with one attached hydrogen (secondary N) is 1. The number of hydrogen-bond donors (Lipinski definition) is 1. The van der Waals surface area contributed by atoms with Gasteiger partial charge in [-0.25, -0.2) is 4.98 Å². The molecule has 1 heterocycles. The van der Waals surface area contributed by atoms with Crippen LogP contribution in [0.25, 0.3) is 0 Å². The minimum atomic E-state index is 0.795. The molecule has 0 aliphatic rings. The molecular weight excluding hydrogens is 152 g/mol. The van der Waals surface area contributed by atoms with Gasteiger partial charge in [0.1, 0.15) is 5.76 Å². The molecule has 3 heteroatoms. The fourth-order valence-electron chi connectivity index (χ4n) is 1.04. The van der Waals surface area contributed by atoms with E-state index >= 15 is 0 Å². The zero-order valence-electron chi connectivity index (χ0n) is 7.55. The molecule has 0 bridgehead atoms. The van der Waals surface area contributed by atoms with Crippen LogP contribution >= 0.6 is 0 Å². The molecule has 1 rings (SSSR count). The van der Waals surface area contributed by atoms with Crippen LogP contribution in [0, 0.1) is 0 Å². The van der Waals surface area contributed by atoms with Gasteiger partial charge in [-0.15, -0.1) is 0 Å². The molecule has 0 atom stereocenters. The first-order valence-electron chi connectivity index (χ1n) is 4.51. The number of aromatic nitrogens is 1. The van der Waals surface area contributed by atoms with Gasteiger partial charge in [-0.05, 0) is 13.0 Å². The molecular formula is C9H16N2O. The molecule has 0 saturated heterocycles. The average molecular weight is 168 g/mol. The second-order valence-corrected chi connectivity index (χ2v) is 2.85. The first-order chi connectivity index (χ1) is 5.93. The highest BCUT2D eigenvalue weighted by atomic mass is 16.3. The molecule has 1 N–H and O–H groups in total. The SMILES string of the molecule is CCCCCNCc1cnco1. The fourth-order valence-corrected chi connectivity index (χ4v) is 1.04. The van der Waals surface area contributed by atoms with Crippen LogP contribution in [0.2, 0.25) is 0 Å². The number of nitrogens with zero attached hydrogens (tertiary/aromatic N) is 1. The lowest BCUT2D eigenvalue weighted by molar-refractivity contribution is 0.475. The molecule has 0 aliphatic heterocycles. The van der Waals surface area contributed by atoms with Gasteiger partial charge in [0.25, 0.3) is 0 Å². The highest BCUT2D eigenvalue weighted by molar-refractivity contribution is 4.86. The van der Waals surface area contributed by atoms with Gasteiger partial charge in [-0.3, -0.25) is 0 Å². The summed E-state index contributed by atoms with van der Waals surface area (Å²) in [5.74, 6) is 0.909. The van der Waals surface area contributed by atoms with Gasteiger partial charge in [0, 0.05) is 0 Å². The van der Waals surface area contributed by atoms with Crippen LogP contribution in [0.3, 0.4) is 0 Å². The van der Waals surface area contributed by atoms with Crippen LogP contribution in [-0.2, 0) is 6.54 Å². The van der Waals surface area contributed by atoms with Gasteiger partial charge < -0.3 is 9.73 Å². The Hall–Kier alpha value is -0.830. The molecule has 0 saturated carbocycles. The molecule has 3 nitrogen and oxygen atoms in total. The molecule has 0 radical (unpaired) electrons. The van der Waals surface area contributed by atoms with E-state index in [9.17, 15) is 0 Å². The Bertz CT molecular complexity index is 184. The van der Waals surface area contributed by atoms with Crippen molar-refractivity contribution in [1.29, 1.82) is 0 Å². The zero-order chi connectivity index (χ0) is 8.65. The van der Waals surface area contributed by atoms with Crippen molar-refractivity contribution in [1.82, 2.24) is 10.3 Å². The molecule has 0 amide bonds. The monoisotopic (exact) mass is 168 g/mol. The van der Waals surface area contributed by atoms with Crippen molar-refractivity contribution in [3.8, 4) is 0 Å². The lowest BCUT2D eigenvalue weighted by Crippen LogP contribution is -2.13. The molecule has 0 aromatic carbocycles. The topological polar surface area (TPSA) is 38.1 Å². The molecule has 0 aliphatic carbocycles. The largest absolute Gasteiger partial charge is 0.447 e. The van der Waals surface area contributed by atoms with E-state index < -0.39 is 0 Å². The minimum Gasteiger partial charge on any atom is -0.447 e. The summed E-state index contributed by atoms with van der Waals surface area (Å²) >= 11 is 0. The summed E-state index contributed by atoms with van der Waals surface area (Å²) in [6.07, 6.45) is 7.01. The van der Waals surface area contributed by atoms with E-state index in [-0.39, 0.29) is 0 Å². The van der Waals surface area contributed by atoms with E-state index in [1.54, 1.807) is 6.20 Å². The molecule has 68 valence electrons. The molecule has 0 spiro atoms. The summed E-state index contributed by atoms with van der Waals surface area (Å²) in [6.45, 7) is 4.06. The van der Waals surface area contributed by atoms with Crippen LogP contribution in [0.15, 0.2) is 17.0 Å². The number of oxazole rings is 1. The second kappa shape index (κ2) is 5.77. The Labute approximate surface area is 73.2 Å². The Morgan fingerprint density at radius 2 is 2.42 bits per heavy atom. The Morgan fingerprint density at radius 1 is 1.50 bits per heavy atom. The van der Waals surface area contributed by atoms with Gasteiger partial charge in [0.05, 0.1) is 12.7 Å². The van der Waals surface area contributed by atoms with Crippen LogP contribution in [0.4, 0.5) is 0 Å². The van der Waals surface area contributed by atoms with Crippen molar-refractivity contribution in [3.05, 3.63) is 18.4 Å². The maximum Gasteiger partial charge on any atom is 0.180 e. The van der Waals surface area contributed by atoms with Crippen molar-refractivity contribution in [2.75, 3.05) is 6.54 Å². The van der Waals surface area contributed by atoms with Crippen LogP contribution in [0.1, 0.15) is 31.9 Å². The Kier molecular flexibility index (Phi) is 4.46. The van der Waals surface area contributed by atoms with E-state index in [1.807, 2.05) is 0 Å². The van der Waals surface area contributed by atoms with Gasteiger partial charge in [0.15, 0.2) is 6.39 Å². The first-order valence-corrected chi connectivity index (χ1v) is 4.51. The van der Waals surface area contributed by atoms with Crippen molar-refractivity contribution in [2.45, 2.75) is 32.7 Å². The molecule has 0 fully saturated rings. The summed E-state index contributed by atoms with van der Waals surface area (Å²) in [4.78, 5) is 3.83. The summed E-state index contributed by atoms with van der Waals surface area (Å²) in [5.41, 5.74) is 0. The third-order valence-corrected chi connectivity index (χ3v) is 1.74. The van der Waals surface area contributed by atoms with E-state index in [0.717, 1.165) is 18.8 Å². The zero-order valence-corrected chi connectivity index (χ0v) is 7.55. The average Bonchev–Trinajstić information content (AvgIpc) is 2.57. The molecule has 0 unspecified atom stereocenters.